The highest BCUT2D eigenvalue weighted by molar-refractivity contribution is 6.02. The van der Waals surface area contributed by atoms with Crippen molar-refractivity contribution in [1.82, 2.24) is 9.80 Å². The van der Waals surface area contributed by atoms with E-state index >= 15 is 0 Å². The summed E-state index contributed by atoms with van der Waals surface area (Å²) < 4.78 is 0. The number of benzene rings is 2. The number of aliphatic imine (C=N–C) groups is 1. The van der Waals surface area contributed by atoms with Gasteiger partial charge < -0.3 is 19.6 Å². The highest BCUT2D eigenvalue weighted by Gasteiger charge is 2.38. The Balaban J connectivity index is 1.52. The van der Waals surface area contributed by atoms with Crippen LogP contribution in [-0.4, -0.2) is 66.5 Å². The lowest BCUT2D eigenvalue weighted by atomic mass is 9.95. The van der Waals surface area contributed by atoms with E-state index in [1.807, 2.05) is 4.90 Å². The Labute approximate surface area is 221 Å². The van der Waals surface area contributed by atoms with Crippen LogP contribution in [0.5, 0.6) is 0 Å². The van der Waals surface area contributed by atoms with Gasteiger partial charge in [-0.05, 0) is 56.0 Å². The van der Waals surface area contributed by atoms with Crippen molar-refractivity contribution in [3.8, 4) is 0 Å². The summed E-state index contributed by atoms with van der Waals surface area (Å²) in [6.45, 7) is 16.4. The van der Waals surface area contributed by atoms with Crippen LogP contribution < -0.4 is 9.80 Å². The number of hydrogen-bond acceptors (Lipinski definition) is 5. The van der Waals surface area contributed by atoms with E-state index in [4.69, 9.17) is 4.99 Å². The SMILES string of the molecule is C=CC(=O)N1C[C@H](C)N(C2=NCN(c3ccccc3C(C)C)C3=C2CCN(c2ccccc2)C3)C[C@H]1C. The Morgan fingerprint density at radius 1 is 1.03 bits per heavy atom. The molecule has 0 radical (unpaired) electrons. The molecule has 1 saturated heterocycles. The zero-order valence-corrected chi connectivity index (χ0v) is 22.6. The van der Waals surface area contributed by atoms with Crippen molar-refractivity contribution in [2.75, 3.05) is 42.6 Å². The first kappa shape index (κ1) is 25.1. The van der Waals surface area contributed by atoms with Gasteiger partial charge in [-0.1, -0.05) is 56.8 Å². The average molecular weight is 498 g/mol. The van der Waals surface area contributed by atoms with Gasteiger partial charge in [0.1, 0.15) is 12.5 Å². The molecule has 3 aliphatic rings. The highest BCUT2D eigenvalue weighted by atomic mass is 16.2. The number of carbonyl (C=O) groups is 1. The smallest absolute Gasteiger partial charge is 0.246 e. The van der Waals surface area contributed by atoms with Crippen molar-refractivity contribution in [2.24, 2.45) is 4.99 Å². The van der Waals surface area contributed by atoms with Crippen LogP contribution in [-0.2, 0) is 4.79 Å². The van der Waals surface area contributed by atoms with Gasteiger partial charge in [0.05, 0.1) is 6.54 Å². The van der Waals surface area contributed by atoms with Crippen LogP contribution in [0.3, 0.4) is 0 Å². The van der Waals surface area contributed by atoms with Crippen molar-refractivity contribution >= 4 is 23.1 Å². The number of para-hydroxylation sites is 2. The second-order valence-electron chi connectivity index (χ2n) is 10.7. The standard InChI is InChI=1S/C31H39N5O/c1-6-30(37)34-18-24(5)35(19-23(34)4)31-27-16-17-33(25-12-8-7-9-13-25)20-29(27)36(21-32-31)28-15-11-10-14-26(28)22(2)3/h6-15,22-24H,1,16-21H2,2-5H3/t23-,24+/m1/s1. The summed E-state index contributed by atoms with van der Waals surface area (Å²) in [7, 11) is 0. The minimum atomic E-state index is 0.0112. The monoisotopic (exact) mass is 497 g/mol. The molecule has 3 heterocycles. The third-order valence-electron chi connectivity index (χ3n) is 7.96. The molecule has 1 fully saturated rings. The van der Waals surface area contributed by atoms with Gasteiger partial charge in [0.2, 0.25) is 5.91 Å². The van der Waals surface area contributed by atoms with Crippen molar-refractivity contribution < 1.29 is 4.79 Å². The molecule has 0 N–H and O–H groups in total. The molecule has 2 atom stereocenters. The molecule has 5 rings (SSSR count). The Morgan fingerprint density at radius 2 is 1.76 bits per heavy atom. The quantitative estimate of drug-likeness (QED) is 0.541. The van der Waals surface area contributed by atoms with E-state index in [9.17, 15) is 4.79 Å². The van der Waals surface area contributed by atoms with Crippen LogP contribution in [0.2, 0.25) is 0 Å². The minimum absolute atomic E-state index is 0.0112. The molecule has 2 aromatic carbocycles. The predicted molar refractivity (Wildman–Crippen MR) is 153 cm³/mol. The Hall–Kier alpha value is -3.54. The summed E-state index contributed by atoms with van der Waals surface area (Å²) in [6, 6.07) is 19.8. The number of nitrogens with zero attached hydrogens (tertiary/aromatic N) is 5. The first-order chi connectivity index (χ1) is 17.9. The normalized spacial score (nSPS) is 22.2. The number of rotatable bonds is 4. The molecular weight excluding hydrogens is 458 g/mol. The molecule has 0 aliphatic carbocycles. The fourth-order valence-electron chi connectivity index (χ4n) is 5.97. The molecule has 1 amide bonds. The van der Waals surface area contributed by atoms with Crippen LogP contribution >= 0.6 is 0 Å². The maximum atomic E-state index is 12.4. The lowest BCUT2D eigenvalue weighted by Crippen LogP contribution is -2.60. The molecule has 2 aromatic rings. The number of hydrogen-bond donors (Lipinski definition) is 0. The minimum Gasteiger partial charge on any atom is -0.365 e. The van der Waals surface area contributed by atoms with Gasteiger partial charge in [0.25, 0.3) is 0 Å². The molecular formula is C31H39N5O. The van der Waals surface area contributed by atoms with Gasteiger partial charge in [0, 0.05) is 54.4 Å². The number of piperazine rings is 1. The van der Waals surface area contributed by atoms with E-state index in [2.05, 4.69) is 104 Å². The van der Waals surface area contributed by atoms with Crippen LogP contribution in [0.25, 0.3) is 0 Å². The van der Waals surface area contributed by atoms with Crippen molar-refractivity contribution in [3.05, 3.63) is 84.1 Å². The second kappa shape index (κ2) is 10.4. The summed E-state index contributed by atoms with van der Waals surface area (Å²) in [5.74, 6) is 1.55. The largest absolute Gasteiger partial charge is 0.365 e. The van der Waals surface area contributed by atoms with E-state index in [1.165, 1.54) is 34.3 Å². The summed E-state index contributed by atoms with van der Waals surface area (Å²) >= 11 is 0. The summed E-state index contributed by atoms with van der Waals surface area (Å²) in [5, 5.41) is 0. The lowest BCUT2D eigenvalue weighted by molar-refractivity contribution is -0.130. The average Bonchev–Trinajstić information content (AvgIpc) is 2.93. The Bertz CT molecular complexity index is 1220. The van der Waals surface area contributed by atoms with Crippen LogP contribution in [0.1, 0.15) is 45.6 Å². The summed E-state index contributed by atoms with van der Waals surface area (Å²) in [5.41, 5.74) is 6.56. The molecule has 0 bridgehead atoms. The zero-order chi connectivity index (χ0) is 26.1. The van der Waals surface area contributed by atoms with E-state index in [1.54, 1.807) is 0 Å². The molecule has 0 spiro atoms. The van der Waals surface area contributed by atoms with Gasteiger partial charge in [-0.2, -0.15) is 0 Å². The molecule has 37 heavy (non-hydrogen) atoms. The number of anilines is 2. The number of amides is 1. The van der Waals surface area contributed by atoms with Gasteiger partial charge in [0.15, 0.2) is 0 Å². The number of amidine groups is 1. The maximum Gasteiger partial charge on any atom is 0.246 e. The highest BCUT2D eigenvalue weighted by Crippen LogP contribution is 2.37. The molecule has 3 aliphatic heterocycles. The van der Waals surface area contributed by atoms with E-state index < -0.39 is 0 Å². The first-order valence-electron chi connectivity index (χ1n) is 13.5. The molecule has 6 nitrogen and oxygen atoms in total. The van der Waals surface area contributed by atoms with Crippen LogP contribution in [0.4, 0.5) is 11.4 Å². The first-order valence-corrected chi connectivity index (χ1v) is 13.5. The molecule has 194 valence electrons. The van der Waals surface area contributed by atoms with Gasteiger partial charge in [-0.25, -0.2) is 4.99 Å². The molecule has 0 saturated carbocycles. The maximum absolute atomic E-state index is 12.4. The van der Waals surface area contributed by atoms with E-state index in [-0.39, 0.29) is 18.0 Å². The molecule has 6 heteroatoms. The topological polar surface area (TPSA) is 42.4 Å². The van der Waals surface area contributed by atoms with Gasteiger partial charge >= 0.3 is 0 Å². The van der Waals surface area contributed by atoms with Gasteiger partial charge in [-0.3, -0.25) is 4.79 Å². The van der Waals surface area contributed by atoms with E-state index in [0.29, 0.717) is 19.1 Å². The Morgan fingerprint density at radius 3 is 2.49 bits per heavy atom. The van der Waals surface area contributed by atoms with Crippen molar-refractivity contribution in [1.29, 1.82) is 0 Å². The third kappa shape index (κ3) is 4.77. The number of carbonyl (C=O) groups excluding carboxylic acids is 1. The molecule has 0 aromatic heterocycles. The van der Waals surface area contributed by atoms with Crippen LogP contribution in [0, 0.1) is 0 Å². The van der Waals surface area contributed by atoms with Crippen molar-refractivity contribution in [3.63, 3.8) is 0 Å². The van der Waals surface area contributed by atoms with Crippen molar-refractivity contribution in [2.45, 2.75) is 52.1 Å². The predicted octanol–water partition coefficient (Wildman–Crippen LogP) is 5.26. The molecule has 0 unspecified atom stereocenters. The van der Waals surface area contributed by atoms with E-state index in [0.717, 1.165) is 31.9 Å². The lowest BCUT2D eigenvalue weighted by Gasteiger charge is -2.48. The zero-order valence-electron chi connectivity index (χ0n) is 22.6. The van der Waals surface area contributed by atoms with Crippen LogP contribution in [0.15, 0.2) is 83.5 Å². The fourth-order valence-corrected chi connectivity index (χ4v) is 5.97. The summed E-state index contributed by atoms with van der Waals surface area (Å²) in [6.07, 6.45) is 2.37. The Kier molecular flexibility index (Phi) is 7.09. The summed E-state index contributed by atoms with van der Waals surface area (Å²) in [4.78, 5) is 27.0. The van der Waals surface area contributed by atoms with Gasteiger partial charge in [-0.15, -0.1) is 0 Å². The fraction of sp³-hybridized carbons (Fsp3) is 0.419. The third-order valence-corrected chi connectivity index (χ3v) is 7.96. The second-order valence-corrected chi connectivity index (χ2v) is 10.7.